The standard InChI is InChI=1S/C24H22BrNO3/c1-18(27)22-14-21(25)12-13-23(22)29-17-24(28)26(15-19-8-4-2-5-9-19)16-20-10-6-3-7-11-20/h2-14H,15-17H2,1H3. The van der Waals surface area contributed by atoms with Crippen molar-refractivity contribution in [3.05, 3.63) is 100 Å². The van der Waals surface area contributed by atoms with Crippen LogP contribution in [0.2, 0.25) is 0 Å². The van der Waals surface area contributed by atoms with Gasteiger partial charge in [-0.25, -0.2) is 0 Å². The second-order valence-electron chi connectivity index (χ2n) is 6.71. The molecule has 29 heavy (non-hydrogen) atoms. The molecule has 0 saturated heterocycles. The largest absolute Gasteiger partial charge is 0.483 e. The van der Waals surface area contributed by atoms with E-state index in [1.54, 1.807) is 23.1 Å². The molecule has 1 amide bonds. The third kappa shape index (κ3) is 6.03. The van der Waals surface area contributed by atoms with E-state index in [0.717, 1.165) is 15.6 Å². The van der Waals surface area contributed by atoms with Gasteiger partial charge in [-0.15, -0.1) is 0 Å². The third-order valence-corrected chi connectivity index (χ3v) is 4.95. The van der Waals surface area contributed by atoms with Gasteiger partial charge >= 0.3 is 0 Å². The predicted molar refractivity (Wildman–Crippen MR) is 117 cm³/mol. The van der Waals surface area contributed by atoms with E-state index in [2.05, 4.69) is 15.9 Å². The number of ether oxygens (including phenoxy) is 1. The van der Waals surface area contributed by atoms with Crippen LogP contribution in [0.3, 0.4) is 0 Å². The van der Waals surface area contributed by atoms with E-state index in [0.29, 0.717) is 24.4 Å². The first-order valence-corrected chi connectivity index (χ1v) is 10.1. The molecule has 0 unspecified atom stereocenters. The summed E-state index contributed by atoms with van der Waals surface area (Å²) in [7, 11) is 0. The van der Waals surface area contributed by atoms with Crippen molar-refractivity contribution in [1.29, 1.82) is 0 Å². The lowest BCUT2D eigenvalue weighted by Crippen LogP contribution is -2.34. The normalized spacial score (nSPS) is 10.4. The van der Waals surface area contributed by atoms with Crippen LogP contribution in [0.15, 0.2) is 83.3 Å². The Morgan fingerprint density at radius 1 is 0.862 bits per heavy atom. The highest BCUT2D eigenvalue weighted by Gasteiger charge is 2.17. The first-order chi connectivity index (χ1) is 14.0. The van der Waals surface area contributed by atoms with Gasteiger partial charge in [-0.3, -0.25) is 9.59 Å². The first-order valence-electron chi connectivity index (χ1n) is 9.32. The summed E-state index contributed by atoms with van der Waals surface area (Å²) >= 11 is 3.36. The van der Waals surface area contributed by atoms with Crippen molar-refractivity contribution >= 4 is 27.6 Å². The second kappa shape index (κ2) is 10.0. The molecular formula is C24H22BrNO3. The zero-order valence-corrected chi connectivity index (χ0v) is 17.8. The fourth-order valence-electron chi connectivity index (χ4n) is 2.97. The summed E-state index contributed by atoms with van der Waals surface area (Å²) in [4.78, 5) is 26.6. The lowest BCUT2D eigenvalue weighted by Gasteiger charge is -2.23. The molecule has 0 radical (unpaired) electrons. The summed E-state index contributed by atoms with van der Waals surface area (Å²) in [5.41, 5.74) is 2.54. The van der Waals surface area contributed by atoms with Gasteiger partial charge in [0.2, 0.25) is 0 Å². The van der Waals surface area contributed by atoms with Crippen molar-refractivity contribution in [2.24, 2.45) is 0 Å². The number of nitrogens with zero attached hydrogens (tertiary/aromatic N) is 1. The number of carbonyl (C=O) groups is 2. The van der Waals surface area contributed by atoms with Gasteiger partial charge in [-0.05, 0) is 36.2 Å². The number of amides is 1. The van der Waals surface area contributed by atoms with E-state index in [1.165, 1.54) is 6.92 Å². The van der Waals surface area contributed by atoms with E-state index in [4.69, 9.17) is 4.74 Å². The minimum absolute atomic E-state index is 0.112. The zero-order valence-electron chi connectivity index (χ0n) is 16.2. The molecule has 0 aromatic heterocycles. The van der Waals surface area contributed by atoms with E-state index in [9.17, 15) is 9.59 Å². The summed E-state index contributed by atoms with van der Waals surface area (Å²) in [5, 5.41) is 0. The highest BCUT2D eigenvalue weighted by atomic mass is 79.9. The van der Waals surface area contributed by atoms with Gasteiger partial charge < -0.3 is 9.64 Å². The number of rotatable bonds is 8. The van der Waals surface area contributed by atoms with Crippen LogP contribution < -0.4 is 4.74 Å². The monoisotopic (exact) mass is 451 g/mol. The smallest absolute Gasteiger partial charge is 0.261 e. The molecular weight excluding hydrogens is 430 g/mol. The van der Waals surface area contributed by atoms with Crippen molar-refractivity contribution in [1.82, 2.24) is 4.90 Å². The Hall–Kier alpha value is -2.92. The van der Waals surface area contributed by atoms with Gasteiger partial charge in [-0.1, -0.05) is 76.6 Å². The molecule has 0 atom stereocenters. The number of halogens is 1. The molecule has 148 valence electrons. The van der Waals surface area contributed by atoms with Crippen LogP contribution in [0.25, 0.3) is 0 Å². The van der Waals surface area contributed by atoms with Gasteiger partial charge in [-0.2, -0.15) is 0 Å². The molecule has 5 heteroatoms. The Morgan fingerprint density at radius 2 is 1.41 bits per heavy atom. The molecule has 0 aliphatic carbocycles. The Bertz CT molecular complexity index is 932. The molecule has 0 spiro atoms. The van der Waals surface area contributed by atoms with Crippen molar-refractivity contribution in [2.45, 2.75) is 20.0 Å². The number of Topliss-reactive ketones (excluding diaryl/α,β-unsaturated/α-hetero) is 1. The van der Waals surface area contributed by atoms with Gasteiger partial charge in [0.05, 0.1) is 5.56 Å². The van der Waals surface area contributed by atoms with E-state index in [1.807, 2.05) is 60.7 Å². The van der Waals surface area contributed by atoms with E-state index >= 15 is 0 Å². The van der Waals surface area contributed by atoms with Crippen LogP contribution >= 0.6 is 15.9 Å². The van der Waals surface area contributed by atoms with Crippen LogP contribution in [0, 0.1) is 0 Å². The molecule has 0 aliphatic rings. The van der Waals surface area contributed by atoms with Crippen LogP contribution in [0.4, 0.5) is 0 Å². The lowest BCUT2D eigenvalue weighted by atomic mass is 10.1. The van der Waals surface area contributed by atoms with Crippen molar-refractivity contribution < 1.29 is 14.3 Å². The highest BCUT2D eigenvalue weighted by molar-refractivity contribution is 9.10. The molecule has 3 aromatic carbocycles. The Balaban J connectivity index is 1.75. The summed E-state index contributed by atoms with van der Waals surface area (Å²) in [6.45, 7) is 2.31. The molecule has 0 aliphatic heterocycles. The zero-order chi connectivity index (χ0) is 20.6. The molecule has 3 aromatic rings. The van der Waals surface area contributed by atoms with Gasteiger partial charge in [0.15, 0.2) is 12.4 Å². The molecule has 0 N–H and O–H groups in total. The van der Waals surface area contributed by atoms with Crippen LogP contribution in [-0.2, 0) is 17.9 Å². The highest BCUT2D eigenvalue weighted by Crippen LogP contribution is 2.24. The average molecular weight is 452 g/mol. The average Bonchev–Trinajstić information content (AvgIpc) is 2.73. The quantitative estimate of drug-likeness (QED) is 0.438. The molecule has 0 fully saturated rings. The summed E-state index contributed by atoms with van der Waals surface area (Å²) in [5.74, 6) is 0.155. The topological polar surface area (TPSA) is 46.6 Å². The fourth-order valence-corrected chi connectivity index (χ4v) is 3.33. The number of benzene rings is 3. The Kier molecular flexibility index (Phi) is 7.19. The van der Waals surface area contributed by atoms with E-state index < -0.39 is 0 Å². The van der Waals surface area contributed by atoms with Crippen LogP contribution in [0.1, 0.15) is 28.4 Å². The SMILES string of the molecule is CC(=O)c1cc(Br)ccc1OCC(=O)N(Cc1ccccc1)Cc1ccccc1. The van der Waals surface area contributed by atoms with Gasteiger partial charge in [0.25, 0.3) is 5.91 Å². The second-order valence-corrected chi connectivity index (χ2v) is 7.62. The van der Waals surface area contributed by atoms with Crippen molar-refractivity contribution in [2.75, 3.05) is 6.61 Å². The molecule has 4 nitrogen and oxygen atoms in total. The van der Waals surface area contributed by atoms with Crippen molar-refractivity contribution in [3.8, 4) is 5.75 Å². The maximum atomic E-state index is 13.0. The minimum atomic E-state index is -0.143. The van der Waals surface area contributed by atoms with Crippen LogP contribution in [0.5, 0.6) is 5.75 Å². The molecule has 0 heterocycles. The third-order valence-electron chi connectivity index (χ3n) is 4.46. The first kappa shape index (κ1) is 20.8. The Labute approximate surface area is 179 Å². The molecule has 0 bridgehead atoms. The van der Waals surface area contributed by atoms with E-state index in [-0.39, 0.29) is 18.3 Å². The number of carbonyl (C=O) groups excluding carboxylic acids is 2. The predicted octanol–water partition coefficient (Wildman–Crippen LogP) is 5.26. The van der Waals surface area contributed by atoms with Gasteiger partial charge in [0.1, 0.15) is 5.75 Å². The molecule has 0 saturated carbocycles. The minimum Gasteiger partial charge on any atom is -0.483 e. The fraction of sp³-hybridized carbons (Fsp3) is 0.167. The maximum absolute atomic E-state index is 13.0. The van der Waals surface area contributed by atoms with Crippen LogP contribution in [-0.4, -0.2) is 23.2 Å². The van der Waals surface area contributed by atoms with Crippen molar-refractivity contribution in [3.63, 3.8) is 0 Å². The lowest BCUT2D eigenvalue weighted by molar-refractivity contribution is -0.134. The number of hydrogen-bond donors (Lipinski definition) is 0. The van der Waals surface area contributed by atoms with Gasteiger partial charge in [0, 0.05) is 17.6 Å². The maximum Gasteiger partial charge on any atom is 0.261 e. The number of ketones is 1. The molecule has 3 rings (SSSR count). The summed E-state index contributed by atoms with van der Waals surface area (Å²) < 4.78 is 6.53. The Morgan fingerprint density at radius 3 is 1.93 bits per heavy atom. The number of hydrogen-bond acceptors (Lipinski definition) is 3. The summed E-state index contributed by atoms with van der Waals surface area (Å²) in [6, 6.07) is 24.9. The summed E-state index contributed by atoms with van der Waals surface area (Å²) in [6.07, 6.45) is 0.